The highest BCUT2D eigenvalue weighted by Gasteiger charge is 2.00. The maximum Gasteiger partial charge on any atom is 0.222 e. The van der Waals surface area contributed by atoms with Crippen LogP contribution in [0.5, 0.6) is 5.88 Å². The van der Waals surface area contributed by atoms with Crippen LogP contribution in [-0.4, -0.2) is 11.6 Å². The van der Waals surface area contributed by atoms with Crippen LogP contribution in [0, 0.1) is 0 Å². The molecule has 0 spiro atoms. The number of anilines is 1. The van der Waals surface area contributed by atoms with Crippen LogP contribution in [-0.2, 0) is 0 Å². The van der Waals surface area contributed by atoms with E-state index < -0.39 is 0 Å². The van der Waals surface area contributed by atoms with Crippen molar-refractivity contribution in [1.82, 2.24) is 4.98 Å². The molecule has 2 N–H and O–H groups in total. The summed E-state index contributed by atoms with van der Waals surface area (Å²) in [6.07, 6.45) is 1.69. The van der Waals surface area contributed by atoms with E-state index in [2.05, 4.69) is 11.6 Å². The molecular weight excluding hydrogens is 152 g/mol. The maximum absolute atomic E-state index is 5.49. The Morgan fingerprint density at radius 2 is 2.42 bits per heavy atom. The van der Waals surface area contributed by atoms with Crippen molar-refractivity contribution in [2.24, 2.45) is 0 Å². The zero-order valence-corrected chi connectivity index (χ0v) is 7.08. The summed E-state index contributed by atoms with van der Waals surface area (Å²) < 4.78 is 5.25. The van der Waals surface area contributed by atoms with Crippen LogP contribution >= 0.6 is 0 Å². The lowest BCUT2D eigenvalue weighted by Gasteiger charge is -2.05. The molecule has 0 fully saturated rings. The Kier molecular flexibility index (Phi) is 2.69. The first-order valence-electron chi connectivity index (χ1n) is 3.79. The third kappa shape index (κ3) is 1.75. The number of hydrogen-bond donors (Lipinski definition) is 1. The Morgan fingerprint density at radius 1 is 1.67 bits per heavy atom. The number of nitrogens with two attached hydrogens (primary N) is 1. The van der Waals surface area contributed by atoms with Crippen molar-refractivity contribution in [3.05, 3.63) is 24.3 Å². The Labute approximate surface area is 71.9 Å². The fourth-order valence-electron chi connectivity index (χ4n) is 0.873. The van der Waals surface area contributed by atoms with Gasteiger partial charge in [-0.2, -0.15) is 4.98 Å². The lowest BCUT2D eigenvalue weighted by molar-refractivity contribution is 0.326. The average Bonchev–Trinajstić information content (AvgIpc) is 2.05. The van der Waals surface area contributed by atoms with Gasteiger partial charge in [0.2, 0.25) is 5.88 Å². The second-order valence-electron chi connectivity index (χ2n) is 2.27. The summed E-state index contributed by atoms with van der Waals surface area (Å²) in [6, 6.07) is 3.56. The Hall–Kier alpha value is -1.51. The van der Waals surface area contributed by atoms with Gasteiger partial charge in [0.15, 0.2) is 0 Å². The molecule has 0 saturated heterocycles. The van der Waals surface area contributed by atoms with Crippen molar-refractivity contribution in [2.75, 3.05) is 12.3 Å². The first kappa shape index (κ1) is 8.59. The highest BCUT2D eigenvalue weighted by atomic mass is 16.5. The highest BCUT2D eigenvalue weighted by molar-refractivity contribution is 5.55. The molecule has 12 heavy (non-hydrogen) atoms. The lowest BCUT2D eigenvalue weighted by Crippen LogP contribution is -1.99. The third-order valence-electron chi connectivity index (χ3n) is 1.41. The molecule has 0 atom stereocenters. The molecule has 0 saturated carbocycles. The number of hydrogen-bond acceptors (Lipinski definition) is 3. The zero-order chi connectivity index (χ0) is 8.97. The largest absolute Gasteiger partial charge is 0.477 e. The number of rotatable bonds is 3. The van der Waals surface area contributed by atoms with Crippen molar-refractivity contribution < 1.29 is 4.74 Å². The van der Waals surface area contributed by atoms with E-state index in [0.29, 0.717) is 18.3 Å². The van der Waals surface area contributed by atoms with Gasteiger partial charge in [-0.05, 0) is 19.1 Å². The molecule has 1 aromatic rings. The quantitative estimate of drug-likeness (QED) is 0.739. The minimum atomic E-state index is 0.462. The molecule has 3 heteroatoms. The average molecular weight is 164 g/mol. The first-order valence-corrected chi connectivity index (χ1v) is 3.79. The van der Waals surface area contributed by atoms with E-state index in [1.165, 1.54) is 0 Å². The topological polar surface area (TPSA) is 48.1 Å². The molecule has 0 unspecified atom stereocenters. The number of nitrogen functional groups attached to an aromatic ring is 1. The molecule has 0 aliphatic rings. The van der Waals surface area contributed by atoms with Crippen molar-refractivity contribution in [2.45, 2.75) is 6.92 Å². The molecule has 1 aromatic heterocycles. The molecule has 0 aliphatic heterocycles. The second-order valence-corrected chi connectivity index (χ2v) is 2.27. The van der Waals surface area contributed by atoms with Gasteiger partial charge in [-0.15, -0.1) is 0 Å². The molecule has 0 bridgehead atoms. The van der Waals surface area contributed by atoms with Gasteiger partial charge in [-0.3, -0.25) is 0 Å². The monoisotopic (exact) mass is 164 g/mol. The van der Waals surface area contributed by atoms with Crippen molar-refractivity contribution in [3.8, 4) is 5.88 Å². The SMILES string of the molecule is C=Cc1ccc(N)nc1OCC. The summed E-state index contributed by atoms with van der Waals surface area (Å²) in [5.41, 5.74) is 6.35. The third-order valence-corrected chi connectivity index (χ3v) is 1.41. The number of pyridine rings is 1. The van der Waals surface area contributed by atoms with Crippen molar-refractivity contribution >= 4 is 11.9 Å². The minimum absolute atomic E-state index is 0.462. The van der Waals surface area contributed by atoms with Crippen LogP contribution in [0.2, 0.25) is 0 Å². The molecule has 64 valence electrons. The highest BCUT2D eigenvalue weighted by Crippen LogP contribution is 2.17. The van der Waals surface area contributed by atoms with Gasteiger partial charge in [-0.1, -0.05) is 12.7 Å². The molecule has 0 amide bonds. The predicted molar refractivity (Wildman–Crippen MR) is 49.9 cm³/mol. The number of ether oxygens (including phenoxy) is 1. The van der Waals surface area contributed by atoms with Gasteiger partial charge < -0.3 is 10.5 Å². The summed E-state index contributed by atoms with van der Waals surface area (Å²) in [5, 5.41) is 0. The van der Waals surface area contributed by atoms with Crippen molar-refractivity contribution in [3.63, 3.8) is 0 Å². The van der Waals surface area contributed by atoms with E-state index in [0.717, 1.165) is 5.56 Å². The zero-order valence-electron chi connectivity index (χ0n) is 7.08. The second kappa shape index (κ2) is 3.76. The van der Waals surface area contributed by atoms with Crippen molar-refractivity contribution in [1.29, 1.82) is 0 Å². The molecule has 0 aromatic carbocycles. The molecule has 0 radical (unpaired) electrons. The molecule has 1 rings (SSSR count). The summed E-state index contributed by atoms with van der Waals surface area (Å²) in [5.74, 6) is 1.01. The normalized spacial score (nSPS) is 9.42. The van der Waals surface area contributed by atoms with Crippen LogP contribution in [0.4, 0.5) is 5.82 Å². The molecule has 1 heterocycles. The predicted octanol–water partition coefficient (Wildman–Crippen LogP) is 1.71. The van der Waals surface area contributed by atoms with Crippen LogP contribution in [0.1, 0.15) is 12.5 Å². The van der Waals surface area contributed by atoms with Gasteiger partial charge >= 0.3 is 0 Å². The van der Waals surface area contributed by atoms with Gasteiger partial charge in [0.25, 0.3) is 0 Å². The Balaban J connectivity index is 3.03. The van der Waals surface area contributed by atoms with Crippen LogP contribution in [0.3, 0.4) is 0 Å². The summed E-state index contributed by atoms with van der Waals surface area (Å²) in [7, 11) is 0. The maximum atomic E-state index is 5.49. The van der Waals surface area contributed by atoms with Crippen LogP contribution < -0.4 is 10.5 Å². The van der Waals surface area contributed by atoms with Crippen LogP contribution in [0.25, 0.3) is 6.08 Å². The standard InChI is InChI=1S/C9H12N2O/c1-3-7-5-6-8(10)11-9(7)12-4-2/h3,5-6H,1,4H2,2H3,(H2,10,11). The van der Waals surface area contributed by atoms with E-state index in [1.54, 1.807) is 12.1 Å². The smallest absolute Gasteiger partial charge is 0.222 e. The summed E-state index contributed by atoms with van der Waals surface area (Å²) in [6.45, 7) is 6.12. The fraction of sp³-hybridized carbons (Fsp3) is 0.222. The van der Waals surface area contributed by atoms with E-state index in [4.69, 9.17) is 10.5 Å². The fourth-order valence-corrected chi connectivity index (χ4v) is 0.873. The van der Waals surface area contributed by atoms with Crippen LogP contribution in [0.15, 0.2) is 18.7 Å². The summed E-state index contributed by atoms with van der Waals surface area (Å²) >= 11 is 0. The van der Waals surface area contributed by atoms with E-state index in [9.17, 15) is 0 Å². The van der Waals surface area contributed by atoms with Gasteiger partial charge in [0, 0.05) is 5.56 Å². The number of aromatic nitrogens is 1. The lowest BCUT2D eigenvalue weighted by atomic mass is 10.2. The molecule has 0 aliphatic carbocycles. The van der Waals surface area contributed by atoms with E-state index in [1.807, 2.05) is 13.0 Å². The summed E-state index contributed by atoms with van der Waals surface area (Å²) in [4.78, 5) is 4.02. The Bertz CT molecular complexity index is 284. The molecule has 3 nitrogen and oxygen atoms in total. The Morgan fingerprint density at radius 3 is 3.00 bits per heavy atom. The minimum Gasteiger partial charge on any atom is -0.477 e. The number of nitrogens with zero attached hydrogens (tertiary/aromatic N) is 1. The van der Waals surface area contributed by atoms with E-state index >= 15 is 0 Å². The van der Waals surface area contributed by atoms with E-state index in [-0.39, 0.29) is 0 Å². The van der Waals surface area contributed by atoms with Gasteiger partial charge in [0.1, 0.15) is 5.82 Å². The first-order chi connectivity index (χ1) is 5.77. The van der Waals surface area contributed by atoms with Gasteiger partial charge in [0.05, 0.1) is 6.61 Å². The van der Waals surface area contributed by atoms with Gasteiger partial charge in [-0.25, -0.2) is 0 Å². The molecular formula is C9H12N2O.